The number of carbonyl (C=O) groups is 1. The molecule has 0 aromatic carbocycles. The van der Waals surface area contributed by atoms with Crippen LogP contribution in [0.4, 0.5) is 0 Å². The summed E-state index contributed by atoms with van der Waals surface area (Å²) in [5, 5.41) is 8.71. The van der Waals surface area contributed by atoms with E-state index in [-0.39, 0.29) is 40.3 Å². The summed E-state index contributed by atoms with van der Waals surface area (Å²) in [4.78, 5) is 10.6. The quantitative estimate of drug-likeness (QED) is 0.580. The largest absolute Gasteiger partial charge is 0.481 e. The van der Waals surface area contributed by atoms with Gasteiger partial charge in [-0.25, -0.2) is 0 Å². The number of carboxylic acid groups (broad SMARTS) is 1. The first kappa shape index (κ1) is 17.5. The third-order valence-electron chi connectivity index (χ3n) is 1.44. The van der Waals surface area contributed by atoms with Crippen LogP contribution in [0, 0.1) is 0 Å². The summed E-state index contributed by atoms with van der Waals surface area (Å²) in [5.74, 6) is -1.96. The van der Waals surface area contributed by atoms with Crippen LogP contribution in [-0.2, 0) is 36.0 Å². The van der Waals surface area contributed by atoms with Crippen molar-refractivity contribution in [2.75, 3.05) is 0 Å². The van der Waals surface area contributed by atoms with Gasteiger partial charge in [0, 0.05) is 21.7 Å². The number of aliphatic carboxylic acids is 1. The zero-order chi connectivity index (χ0) is 11.4. The number of hydrogen-bond acceptors (Lipinski definition) is 3. The van der Waals surface area contributed by atoms with Gasteiger partial charge in [-0.3, -0.25) is 4.79 Å². The SMILES string of the molecule is CC(C)OC(C)(CC(=O)O)OC(C)C.[Ti]. The molecule has 4 nitrogen and oxygen atoms in total. The van der Waals surface area contributed by atoms with Gasteiger partial charge in [0.25, 0.3) is 0 Å². The standard InChI is InChI=1S/C10H20O4.Ti/c1-7(2)13-10(5,6-9(11)12)14-8(3)4;/h7-8H,6H2,1-5H3,(H,11,12);. The fourth-order valence-electron chi connectivity index (χ4n) is 1.38. The summed E-state index contributed by atoms with van der Waals surface area (Å²) in [6.07, 6.45) is -0.264. The Hall–Kier alpha value is 0.104. The number of ether oxygens (including phenoxy) is 2. The van der Waals surface area contributed by atoms with E-state index in [1.807, 2.05) is 27.7 Å². The van der Waals surface area contributed by atoms with Crippen LogP contribution < -0.4 is 0 Å². The van der Waals surface area contributed by atoms with Crippen LogP contribution in [0.1, 0.15) is 41.0 Å². The molecule has 0 aliphatic rings. The zero-order valence-corrected chi connectivity index (χ0v) is 11.6. The van der Waals surface area contributed by atoms with E-state index in [1.165, 1.54) is 0 Å². The van der Waals surface area contributed by atoms with Crippen molar-refractivity contribution >= 4 is 5.97 Å². The monoisotopic (exact) mass is 252 g/mol. The van der Waals surface area contributed by atoms with Crippen molar-refractivity contribution < 1.29 is 41.1 Å². The predicted molar refractivity (Wildman–Crippen MR) is 53.1 cm³/mol. The molecule has 0 aromatic rings. The molecule has 0 spiro atoms. The van der Waals surface area contributed by atoms with Gasteiger partial charge in [0.05, 0.1) is 18.6 Å². The molecule has 0 saturated heterocycles. The molecule has 0 bridgehead atoms. The van der Waals surface area contributed by atoms with Crippen LogP contribution in [0.2, 0.25) is 0 Å². The molecule has 15 heavy (non-hydrogen) atoms. The van der Waals surface area contributed by atoms with Crippen LogP contribution in [0.5, 0.6) is 0 Å². The van der Waals surface area contributed by atoms with Crippen molar-refractivity contribution in [1.29, 1.82) is 0 Å². The molecular weight excluding hydrogens is 232 g/mol. The van der Waals surface area contributed by atoms with E-state index < -0.39 is 11.8 Å². The summed E-state index contributed by atoms with van der Waals surface area (Å²) in [6, 6.07) is 0. The van der Waals surface area contributed by atoms with Crippen molar-refractivity contribution in [2.45, 2.75) is 59.0 Å². The Labute approximate surface area is 106 Å². The molecule has 0 amide bonds. The second-order valence-corrected chi connectivity index (χ2v) is 4.04. The van der Waals surface area contributed by atoms with Crippen LogP contribution >= 0.6 is 0 Å². The fourth-order valence-corrected chi connectivity index (χ4v) is 1.38. The molecule has 1 N–H and O–H groups in total. The molecule has 0 rings (SSSR count). The maximum atomic E-state index is 10.6. The molecule has 0 fully saturated rings. The van der Waals surface area contributed by atoms with E-state index >= 15 is 0 Å². The van der Waals surface area contributed by atoms with Gasteiger partial charge in [-0.1, -0.05) is 0 Å². The summed E-state index contributed by atoms with van der Waals surface area (Å²) < 4.78 is 10.9. The number of carboxylic acids is 1. The molecule has 0 saturated carbocycles. The Morgan fingerprint density at radius 3 is 1.73 bits per heavy atom. The van der Waals surface area contributed by atoms with E-state index in [1.54, 1.807) is 6.92 Å². The van der Waals surface area contributed by atoms with Gasteiger partial charge in [-0.15, -0.1) is 0 Å². The van der Waals surface area contributed by atoms with Crippen molar-refractivity contribution in [1.82, 2.24) is 0 Å². The fraction of sp³-hybridized carbons (Fsp3) is 0.900. The van der Waals surface area contributed by atoms with E-state index in [0.717, 1.165) is 0 Å². The average molecular weight is 252 g/mol. The third kappa shape index (κ3) is 9.06. The van der Waals surface area contributed by atoms with Crippen LogP contribution in [0.3, 0.4) is 0 Å². The Morgan fingerprint density at radius 2 is 1.53 bits per heavy atom. The Bertz CT molecular complexity index is 182. The van der Waals surface area contributed by atoms with E-state index in [2.05, 4.69) is 0 Å². The topological polar surface area (TPSA) is 55.8 Å². The van der Waals surface area contributed by atoms with Gasteiger partial charge < -0.3 is 14.6 Å². The molecule has 0 aromatic heterocycles. The van der Waals surface area contributed by atoms with Crippen molar-refractivity contribution in [3.63, 3.8) is 0 Å². The van der Waals surface area contributed by atoms with Crippen LogP contribution in [0.15, 0.2) is 0 Å². The normalized spacial score (nSPS) is 11.7. The van der Waals surface area contributed by atoms with E-state index in [9.17, 15) is 4.79 Å². The summed E-state index contributed by atoms with van der Waals surface area (Å²) in [5.41, 5.74) is 0. The Morgan fingerprint density at radius 1 is 1.20 bits per heavy atom. The van der Waals surface area contributed by atoms with Gasteiger partial charge >= 0.3 is 5.97 Å². The minimum atomic E-state index is -1.03. The predicted octanol–water partition coefficient (Wildman–Crippen LogP) is 2.02. The van der Waals surface area contributed by atoms with Gasteiger partial charge in [0.15, 0.2) is 5.79 Å². The molecule has 0 unspecified atom stereocenters. The Kier molecular flexibility index (Phi) is 8.62. The van der Waals surface area contributed by atoms with Gasteiger partial charge in [0.2, 0.25) is 0 Å². The van der Waals surface area contributed by atoms with E-state index in [4.69, 9.17) is 14.6 Å². The number of hydrogen-bond donors (Lipinski definition) is 1. The maximum Gasteiger partial charge on any atom is 0.308 e. The first-order valence-corrected chi connectivity index (χ1v) is 4.82. The second-order valence-electron chi connectivity index (χ2n) is 4.04. The molecular formula is C10H20O4Ti. The third-order valence-corrected chi connectivity index (χ3v) is 1.44. The molecule has 0 radical (unpaired) electrons. The van der Waals surface area contributed by atoms with E-state index in [0.29, 0.717) is 0 Å². The minimum absolute atomic E-state index is 0. The van der Waals surface area contributed by atoms with Crippen molar-refractivity contribution in [2.24, 2.45) is 0 Å². The molecule has 0 heterocycles. The van der Waals surface area contributed by atoms with Crippen LogP contribution in [0.25, 0.3) is 0 Å². The van der Waals surface area contributed by atoms with Gasteiger partial charge in [-0.05, 0) is 34.6 Å². The summed E-state index contributed by atoms with van der Waals surface area (Å²) in [7, 11) is 0. The van der Waals surface area contributed by atoms with Gasteiger partial charge in [0.1, 0.15) is 0 Å². The summed E-state index contributed by atoms with van der Waals surface area (Å²) >= 11 is 0. The molecule has 0 atom stereocenters. The Balaban J connectivity index is 0. The zero-order valence-electron chi connectivity index (χ0n) is 10.0. The molecule has 0 aliphatic carbocycles. The van der Waals surface area contributed by atoms with Crippen molar-refractivity contribution in [3.8, 4) is 0 Å². The van der Waals surface area contributed by atoms with Crippen molar-refractivity contribution in [3.05, 3.63) is 0 Å². The molecule has 0 aliphatic heterocycles. The smallest absolute Gasteiger partial charge is 0.308 e. The summed E-state index contributed by atoms with van der Waals surface area (Å²) in [6.45, 7) is 9.06. The number of rotatable bonds is 6. The molecule has 88 valence electrons. The molecule has 5 heteroatoms. The van der Waals surface area contributed by atoms with Crippen LogP contribution in [-0.4, -0.2) is 29.1 Å². The first-order chi connectivity index (χ1) is 6.25. The average Bonchev–Trinajstić information content (AvgIpc) is 1.76. The second kappa shape index (κ2) is 7.39. The van der Waals surface area contributed by atoms with Gasteiger partial charge in [-0.2, -0.15) is 0 Å². The maximum absolute atomic E-state index is 10.6. The minimum Gasteiger partial charge on any atom is -0.481 e. The first-order valence-electron chi connectivity index (χ1n) is 4.82.